The smallest absolute Gasteiger partial charge is 0.213 e. The number of carbonyl (C=O) groups excluding carboxylic acids is 1. The second-order valence-electron chi connectivity index (χ2n) is 3.92. The van der Waals surface area contributed by atoms with E-state index in [0.717, 1.165) is 10.9 Å². The second-order valence-corrected chi connectivity index (χ2v) is 4.31. The Labute approximate surface area is 108 Å². The molecule has 0 fully saturated rings. The monoisotopic (exact) mass is 256 g/mol. The number of rotatable bonds is 2. The van der Waals surface area contributed by atoms with Crippen LogP contribution in [0, 0.1) is 0 Å². The number of hydrogen-bond acceptors (Lipinski definition) is 2. The van der Waals surface area contributed by atoms with Crippen LogP contribution in [-0.2, 0) is 0 Å². The summed E-state index contributed by atoms with van der Waals surface area (Å²) in [6.07, 6.45) is 1.70. The van der Waals surface area contributed by atoms with Crippen molar-refractivity contribution in [2.45, 2.75) is 0 Å². The number of carbonyl (C=O) groups is 1. The van der Waals surface area contributed by atoms with Crippen LogP contribution in [0.3, 0.4) is 0 Å². The zero-order valence-corrected chi connectivity index (χ0v) is 10.1. The van der Waals surface area contributed by atoms with Crippen LogP contribution < -0.4 is 0 Å². The third-order valence-electron chi connectivity index (χ3n) is 2.78. The van der Waals surface area contributed by atoms with Crippen LogP contribution in [0.25, 0.3) is 10.9 Å². The Hall–Kier alpha value is -2.13. The van der Waals surface area contributed by atoms with Gasteiger partial charge in [0.25, 0.3) is 0 Å². The molecule has 0 aliphatic rings. The van der Waals surface area contributed by atoms with Crippen molar-refractivity contribution in [1.29, 1.82) is 0 Å². The van der Waals surface area contributed by atoms with Gasteiger partial charge in [-0.05, 0) is 18.2 Å². The molecule has 2 heterocycles. The molecular weight excluding hydrogens is 248 g/mol. The highest BCUT2D eigenvalue weighted by molar-refractivity contribution is 6.29. The number of nitrogens with one attached hydrogen (secondary N) is 1. The Balaban J connectivity index is 2.12. The Morgan fingerprint density at radius 2 is 1.94 bits per heavy atom. The van der Waals surface area contributed by atoms with Crippen LogP contribution in [0.5, 0.6) is 0 Å². The summed E-state index contributed by atoms with van der Waals surface area (Å²) in [5.74, 6) is -0.130. The molecule has 88 valence electrons. The van der Waals surface area contributed by atoms with Gasteiger partial charge in [0.05, 0.1) is 0 Å². The molecule has 0 atom stereocenters. The summed E-state index contributed by atoms with van der Waals surface area (Å²) in [4.78, 5) is 19.4. The van der Waals surface area contributed by atoms with E-state index in [1.807, 2.05) is 24.3 Å². The highest BCUT2D eigenvalue weighted by Gasteiger charge is 2.15. The van der Waals surface area contributed by atoms with E-state index in [9.17, 15) is 4.79 Å². The lowest BCUT2D eigenvalue weighted by atomic mass is 10.1. The van der Waals surface area contributed by atoms with E-state index in [4.69, 9.17) is 11.6 Å². The van der Waals surface area contributed by atoms with E-state index in [1.165, 1.54) is 0 Å². The van der Waals surface area contributed by atoms with Crippen molar-refractivity contribution >= 4 is 28.3 Å². The molecule has 0 amide bonds. The minimum Gasteiger partial charge on any atom is -0.360 e. The van der Waals surface area contributed by atoms with Crippen LogP contribution in [-0.4, -0.2) is 15.8 Å². The molecule has 0 saturated carbocycles. The van der Waals surface area contributed by atoms with Crippen LogP contribution in [0.4, 0.5) is 0 Å². The average molecular weight is 257 g/mol. The van der Waals surface area contributed by atoms with Gasteiger partial charge in [-0.2, -0.15) is 0 Å². The van der Waals surface area contributed by atoms with Gasteiger partial charge in [-0.1, -0.05) is 35.9 Å². The number of aromatic nitrogens is 2. The van der Waals surface area contributed by atoms with Crippen LogP contribution in [0.2, 0.25) is 5.15 Å². The number of halogens is 1. The topological polar surface area (TPSA) is 45.8 Å². The van der Waals surface area contributed by atoms with Crippen molar-refractivity contribution in [2.75, 3.05) is 0 Å². The Morgan fingerprint density at radius 3 is 2.78 bits per heavy atom. The van der Waals surface area contributed by atoms with Crippen molar-refractivity contribution in [1.82, 2.24) is 9.97 Å². The van der Waals surface area contributed by atoms with Gasteiger partial charge in [-0.25, -0.2) is 4.98 Å². The molecule has 0 saturated heterocycles. The van der Waals surface area contributed by atoms with E-state index in [2.05, 4.69) is 9.97 Å². The fraction of sp³-hybridized carbons (Fsp3) is 0. The molecule has 0 aliphatic heterocycles. The second kappa shape index (κ2) is 4.27. The normalized spacial score (nSPS) is 10.7. The number of ketones is 1. The maximum atomic E-state index is 12.3. The van der Waals surface area contributed by atoms with Gasteiger partial charge < -0.3 is 4.98 Å². The number of hydrogen-bond donors (Lipinski definition) is 1. The van der Waals surface area contributed by atoms with Crippen molar-refractivity contribution in [3.8, 4) is 0 Å². The standard InChI is InChI=1S/C14H9ClN2O/c15-13-7-3-6-12(17-13)14(18)10-8-16-11-5-2-1-4-9(10)11/h1-8,16H. The molecule has 3 rings (SSSR count). The zero-order chi connectivity index (χ0) is 12.5. The minimum atomic E-state index is -0.130. The number of nitrogens with zero attached hydrogens (tertiary/aromatic N) is 1. The maximum absolute atomic E-state index is 12.3. The first-order chi connectivity index (χ1) is 8.75. The van der Waals surface area contributed by atoms with Gasteiger partial charge in [0.2, 0.25) is 5.78 Å². The molecule has 0 radical (unpaired) electrons. The lowest BCUT2D eigenvalue weighted by Crippen LogP contribution is -2.03. The molecular formula is C14H9ClN2O. The van der Waals surface area contributed by atoms with E-state index < -0.39 is 0 Å². The van der Waals surface area contributed by atoms with Crippen LogP contribution >= 0.6 is 11.6 Å². The number of fused-ring (bicyclic) bond motifs is 1. The molecule has 0 aliphatic carbocycles. The Kier molecular flexibility index (Phi) is 2.61. The van der Waals surface area contributed by atoms with Gasteiger partial charge in [0.1, 0.15) is 10.8 Å². The molecule has 3 nitrogen and oxygen atoms in total. The molecule has 4 heteroatoms. The SMILES string of the molecule is O=C(c1cccc(Cl)n1)c1c[nH]c2ccccc12. The first kappa shape index (κ1) is 11.0. The first-order valence-corrected chi connectivity index (χ1v) is 5.87. The van der Waals surface area contributed by atoms with Crippen molar-refractivity contribution in [3.05, 3.63) is 65.1 Å². The quantitative estimate of drug-likeness (QED) is 0.564. The largest absolute Gasteiger partial charge is 0.360 e. The fourth-order valence-corrected chi connectivity index (χ4v) is 2.10. The molecule has 0 bridgehead atoms. The molecule has 1 N–H and O–H groups in total. The Morgan fingerprint density at radius 1 is 1.11 bits per heavy atom. The first-order valence-electron chi connectivity index (χ1n) is 5.49. The molecule has 0 unspecified atom stereocenters. The maximum Gasteiger partial charge on any atom is 0.213 e. The van der Waals surface area contributed by atoms with Gasteiger partial charge in [-0.15, -0.1) is 0 Å². The van der Waals surface area contributed by atoms with Gasteiger partial charge in [0.15, 0.2) is 0 Å². The third kappa shape index (κ3) is 1.79. The summed E-state index contributed by atoms with van der Waals surface area (Å²) in [5, 5.41) is 1.21. The molecule has 0 spiro atoms. The van der Waals surface area contributed by atoms with Crippen molar-refractivity contribution in [2.24, 2.45) is 0 Å². The summed E-state index contributed by atoms with van der Waals surface area (Å²) in [5.41, 5.74) is 1.90. The van der Waals surface area contributed by atoms with E-state index in [0.29, 0.717) is 16.4 Å². The van der Waals surface area contributed by atoms with Crippen molar-refractivity contribution < 1.29 is 4.79 Å². The molecule has 18 heavy (non-hydrogen) atoms. The average Bonchev–Trinajstić information content (AvgIpc) is 2.82. The summed E-state index contributed by atoms with van der Waals surface area (Å²) in [7, 11) is 0. The number of H-pyrrole nitrogens is 1. The van der Waals surface area contributed by atoms with E-state index in [-0.39, 0.29) is 5.78 Å². The number of para-hydroxylation sites is 1. The zero-order valence-electron chi connectivity index (χ0n) is 9.35. The van der Waals surface area contributed by atoms with Crippen LogP contribution in [0.15, 0.2) is 48.7 Å². The van der Waals surface area contributed by atoms with Gasteiger partial charge in [-0.3, -0.25) is 4.79 Å². The van der Waals surface area contributed by atoms with Crippen LogP contribution in [0.1, 0.15) is 16.1 Å². The fourth-order valence-electron chi connectivity index (χ4n) is 1.93. The molecule has 1 aromatic carbocycles. The minimum absolute atomic E-state index is 0.130. The van der Waals surface area contributed by atoms with E-state index >= 15 is 0 Å². The lowest BCUT2D eigenvalue weighted by molar-refractivity contribution is 0.103. The summed E-state index contributed by atoms with van der Waals surface area (Å²) in [6.45, 7) is 0. The predicted molar refractivity (Wildman–Crippen MR) is 71.0 cm³/mol. The lowest BCUT2D eigenvalue weighted by Gasteiger charge is -1.99. The molecule has 3 aromatic rings. The summed E-state index contributed by atoms with van der Waals surface area (Å²) in [6, 6.07) is 12.7. The van der Waals surface area contributed by atoms with Gasteiger partial charge >= 0.3 is 0 Å². The van der Waals surface area contributed by atoms with E-state index in [1.54, 1.807) is 24.4 Å². The Bertz CT molecular complexity index is 733. The number of pyridine rings is 1. The third-order valence-corrected chi connectivity index (χ3v) is 2.99. The highest BCUT2D eigenvalue weighted by Crippen LogP contribution is 2.20. The predicted octanol–water partition coefficient (Wildman–Crippen LogP) is 3.45. The highest BCUT2D eigenvalue weighted by atomic mass is 35.5. The number of aromatic amines is 1. The van der Waals surface area contributed by atoms with Gasteiger partial charge in [0, 0.05) is 22.7 Å². The summed E-state index contributed by atoms with van der Waals surface area (Å²) >= 11 is 5.80. The number of benzene rings is 1. The van der Waals surface area contributed by atoms with Crippen molar-refractivity contribution in [3.63, 3.8) is 0 Å². The molecule has 2 aromatic heterocycles. The summed E-state index contributed by atoms with van der Waals surface area (Å²) < 4.78 is 0.